The van der Waals surface area contributed by atoms with Gasteiger partial charge in [0.05, 0.1) is 22.2 Å². The zero-order chi connectivity index (χ0) is 26.0. The number of nitriles is 1. The van der Waals surface area contributed by atoms with Gasteiger partial charge in [0, 0.05) is 35.4 Å². The van der Waals surface area contributed by atoms with Crippen LogP contribution in [0, 0.1) is 11.3 Å². The topological polar surface area (TPSA) is 112 Å². The minimum Gasteiger partial charge on any atom is -0.366 e. The Kier molecular flexibility index (Phi) is 6.85. The number of fused-ring (bicyclic) bond motifs is 1. The molecule has 2 heterocycles. The summed E-state index contributed by atoms with van der Waals surface area (Å²) in [7, 11) is 2.30. The molecule has 0 saturated carbocycles. The van der Waals surface area contributed by atoms with Gasteiger partial charge in [0.25, 0.3) is 0 Å². The molecule has 1 aliphatic rings. The van der Waals surface area contributed by atoms with E-state index in [4.69, 9.17) is 24.7 Å². The second kappa shape index (κ2) is 10.2. The molecule has 2 aromatic carbocycles. The fourth-order valence-electron chi connectivity index (χ4n) is 4.07. The van der Waals surface area contributed by atoms with Crippen LogP contribution in [0.4, 0.5) is 5.82 Å². The van der Waals surface area contributed by atoms with Crippen molar-refractivity contribution in [3.63, 3.8) is 0 Å². The van der Waals surface area contributed by atoms with E-state index in [0.29, 0.717) is 40.6 Å². The Morgan fingerprint density at radius 1 is 1.19 bits per heavy atom. The number of aromatic nitrogens is 3. The SMILES string of the molecule is [B]c1cnn2c(NCC3=CC=CC(NS(=O)(=O)c4cccc(C#N)c4)C3)cc(-c3ccccc3Cl)nc12. The highest BCUT2D eigenvalue weighted by molar-refractivity contribution is 7.89. The van der Waals surface area contributed by atoms with Crippen LogP contribution in [-0.2, 0) is 10.0 Å². The normalized spacial score (nSPS) is 15.4. The molecule has 11 heteroatoms. The quantitative estimate of drug-likeness (QED) is 0.357. The molecule has 2 radical (unpaired) electrons. The van der Waals surface area contributed by atoms with Gasteiger partial charge in [-0.1, -0.05) is 54.1 Å². The lowest BCUT2D eigenvalue weighted by Gasteiger charge is -2.21. The monoisotopic (exact) mass is 526 g/mol. The molecule has 2 aromatic heterocycles. The maximum absolute atomic E-state index is 12.9. The number of halogens is 1. The van der Waals surface area contributed by atoms with Gasteiger partial charge < -0.3 is 5.32 Å². The fourth-order valence-corrected chi connectivity index (χ4v) is 5.54. The maximum atomic E-state index is 12.9. The molecule has 0 fully saturated rings. The summed E-state index contributed by atoms with van der Waals surface area (Å²) >= 11 is 6.40. The van der Waals surface area contributed by atoms with Gasteiger partial charge >= 0.3 is 0 Å². The summed E-state index contributed by atoms with van der Waals surface area (Å²) in [4.78, 5) is 4.70. The van der Waals surface area contributed by atoms with Crippen molar-refractivity contribution in [2.75, 3.05) is 11.9 Å². The molecule has 0 spiro atoms. The Morgan fingerprint density at radius 2 is 2.03 bits per heavy atom. The highest BCUT2D eigenvalue weighted by Gasteiger charge is 2.21. The standard InChI is InChI=1S/C26H20BClN6O2S/c27-22-16-31-34-25(13-24(32-26(22)34)21-9-1-2-10-23(21)28)30-15-18-6-3-7-19(11-18)33-37(35,36)20-8-4-5-17(12-20)14-29/h1-10,12-13,16,19,30,33H,11,15H2. The van der Waals surface area contributed by atoms with Crippen LogP contribution >= 0.6 is 11.6 Å². The van der Waals surface area contributed by atoms with Gasteiger partial charge in [0.15, 0.2) is 5.65 Å². The second-order valence-electron chi connectivity index (χ2n) is 8.48. The highest BCUT2D eigenvalue weighted by Crippen LogP contribution is 2.28. The summed E-state index contributed by atoms with van der Waals surface area (Å²) in [6.07, 6.45) is 7.57. The average molecular weight is 527 g/mol. The number of rotatable bonds is 7. The molecule has 0 bridgehead atoms. The van der Waals surface area contributed by atoms with E-state index in [2.05, 4.69) is 20.1 Å². The van der Waals surface area contributed by atoms with Crippen molar-refractivity contribution in [1.29, 1.82) is 5.26 Å². The van der Waals surface area contributed by atoms with E-state index in [1.807, 2.05) is 42.5 Å². The fraction of sp³-hybridized carbons (Fsp3) is 0.115. The van der Waals surface area contributed by atoms with Gasteiger partial charge in [-0.3, -0.25) is 0 Å². The predicted octanol–water partition coefficient (Wildman–Crippen LogP) is 3.36. The van der Waals surface area contributed by atoms with Gasteiger partial charge in [-0.05, 0) is 41.7 Å². The smallest absolute Gasteiger partial charge is 0.241 e. The zero-order valence-corrected chi connectivity index (χ0v) is 21.0. The Hall–Kier alpha value is -3.91. The first-order chi connectivity index (χ1) is 17.8. The first-order valence-electron chi connectivity index (χ1n) is 11.4. The summed E-state index contributed by atoms with van der Waals surface area (Å²) in [5.74, 6) is 0.664. The first-order valence-corrected chi connectivity index (χ1v) is 13.2. The largest absolute Gasteiger partial charge is 0.366 e. The third-order valence-corrected chi connectivity index (χ3v) is 7.70. The summed E-state index contributed by atoms with van der Waals surface area (Å²) in [5.41, 5.74) is 3.62. The van der Waals surface area contributed by atoms with Crippen molar-refractivity contribution < 1.29 is 8.42 Å². The highest BCUT2D eigenvalue weighted by atomic mass is 35.5. The summed E-state index contributed by atoms with van der Waals surface area (Å²) in [6.45, 7) is 0.438. The van der Waals surface area contributed by atoms with Crippen LogP contribution in [0.2, 0.25) is 5.02 Å². The Balaban J connectivity index is 1.34. The molecule has 37 heavy (non-hydrogen) atoms. The van der Waals surface area contributed by atoms with Crippen molar-refractivity contribution in [2.24, 2.45) is 0 Å². The van der Waals surface area contributed by atoms with Crippen LogP contribution in [0.5, 0.6) is 0 Å². The van der Waals surface area contributed by atoms with E-state index < -0.39 is 16.1 Å². The Morgan fingerprint density at radius 3 is 2.84 bits per heavy atom. The predicted molar refractivity (Wildman–Crippen MR) is 144 cm³/mol. The molecule has 0 amide bonds. The molecule has 0 saturated heterocycles. The summed E-state index contributed by atoms with van der Waals surface area (Å²) in [5, 5.41) is 17.4. The number of anilines is 1. The molecule has 1 unspecified atom stereocenters. The molecule has 5 rings (SSSR count). The van der Waals surface area contributed by atoms with Crippen molar-refractivity contribution in [3.8, 4) is 17.3 Å². The molecule has 8 nitrogen and oxygen atoms in total. The molecule has 2 N–H and O–H groups in total. The van der Waals surface area contributed by atoms with Crippen LogP contribution < -0.4 is 15.5 Å². The van der Waals surface area contributed by atoms with Crippen LogP contribution in [0.25, 0.3) is 16.9 Å². The van der Waals surface area contributed by atoms with Crippen molar-refractivity contribution in [3.05, 3.63) is 95.2 Å². The minimum atomic E-state index is -3.80. The van der Waals surface area contributed by atoms with Crippen molar-refractivity contribution >= 4 is 46.4 Å². The Labute approximate surface area is 220 Å². The zero-order valence-electron chi connectivity index (χ0n) is 19.5. The number of benzene rings is 2. The van der Waals surface area contributed by atoms with Crippen molar-refractivity contribution in [1.82, 2.24) is 19.3 Å². The Bertz CT molecular complexity index is 1710. The van der Waals surface area contributed by atoms with Crippen LogP contribution in [-0.4, -0.2) is 43.4 Å². The van der Waals surface area contributed by atoms with Gasteiger partial charge in [-0.2, -0.15) is 14.9 Å². The third-order valence-electron chi connectivity index (χ3n) is 5.88. The van der Waals surface area contributed by atoms with E-state index in [1.54, 1.807) is 35.0 Å². The summed E-state index contributed by atoms with van der Waals surface area (Å²) < 4.78 is 30.1. The van der Waals surface area contributed by atoms with Crippen LogP contribution in [0.15, 0.2) is 89.5 Å². The van der Waals surface area contributed by atoms with E-state index in [0.717, 1.165) is 11.1 Å². The van der Waals surface area contributed by atoms with Crippen LogP contribution in [0.1, 0.15) is 12.0 Å². The van der Waals surface area contributed by atoms with Gasteiger partial charge in [0.2, 0.25) is 10.0 Å². The average Bonchev–Trinajstić information content (AvgIpc) is 3.28. The number of sulfonamides is 1. The molecular formula is C26H20BClN6O2S. The molecule has 182 valence electrons. The van der Waals surface area contributed by atoms with E-state index in [9.17, 15) is 8.42 Å². The van der Waals surface area contributed by atoms with E-state index in [-0.39, 0.29) is 10.5 Å². The second-order valence-corrected chi connectivity index (χ2v) is 10.6. The molecule has 1 aliphatic carbocycles. The van der Waals surface area contributed by atoms with Gasteiger partial charge in [-0.25, -0.2) is 18.1 Å². The summed E-state index contributed by atoms with van der Waals surface area (Å²) in [6, 6.07) is 16.7. The lowest BCUT2D eigenvalue weighted by molar-refractivity contribution is 0.568. The van der Waals surface area contributed by atoms with Gasteiger partial charge in [0.1, 0.15) is 13.7 Å². The number of hydrogen-bond acceptors (Lipinski definition) is 6. The molecule has 4 aromatic rings. The number of nitrogens with zero attached hydrogens (tertiary/aromatic N) is 4. The van der Waals surface area contributed by atoms with Gasteiger partial charge in [-0.15, -0.1) is 0 Å². The lowest BCUT2D eigenvalue weighted by Crippen LogP contribution is -2.35. The first kappa shape index (κ1) is 24.8. The number of allylic oxidation sites excluding steroid dienone is 2. The maximum Gasteiger partial charge on any atom is 0.241 e. The molecular weight excluding hydrogens is 507 g/mol. The minimum absolute atomic E-state index is 0.0525. The van der Waals surface area contributed by atoms with Crippen LogP contribution in [0.3, 0.4) is 0 Å². The van der Waals surface area contributed by atoms with E-state index >= 15 is 0 Å². The lowest BCUT2D eigenvalue weighted by atomic mass is 10.0. The van der Waals surface area contributed by atoms with Crippen molar-refractivity contribution in [2.45, 2.75) is 17.4 Å². The number of hydrogen-bond donors (Lipinski definition) is 2. The molecule has 0 aliphatic heterocycles. The molecule has 1 atom stereocenters. The number of nitrogens with one attached hydrogen (secondary N) is 2. The van der Waals surface area contributed by atoms with E-state index in [1.165, 1.54) is 12.1 Å². The third kappa shape index (κ3) is 5.29.